The van der Waals surface area contributed by atoms with Gasteiger partial charge >= 0.3 is 0 Å². The van der Waals surface area contributed by atoms with Gasteiger partial charge in [0, 0.05) is 25.7 Å². The van der Waals surface area contributed by atoms with Crippen LogP contribution in [0.2, 0.25) is 0 Å². The molecule has 3 rings (SSSR count). The molecule has 1 aromatic rings. The molecule has 0 aromatic heterocycles. The van der Waals surface area contributed by atoms with Gasteiger partial charge in [-0.3, -0.25) is 4.99 Å². The minimum absolute atomic E-state index is 0. The van der Waals surface area contributed by atoms with Crippen molar-refractivity contribution in [3.63, 3.8) is 0 Å². The summed E-state index contributed by atoms with van der Waals surface area (Å²) in [5.41, 5.74) is 1.25. The van der Waals surface area contributed by atoms with Gasteiger partial charge in [-0.25, -0.2) is 0 Å². The highest BCUT2D eigenvalue weighted by molar-refractivity contribution is 14.0. The number of rotatable bonds is 8. The summed E-state index contributed by atoms with van der Waals surface area (Å²) < 4.78 is 5.76. The highest BCUT2D eigenvalue weighted by Gasteiger charge is 2.34. The number of halogens is 1. The van der Waals surface area contributed by atoms with E-state index in [4.69, 9.17) is 9.73 Å². The van der Waals surface area contributed by atoms with Crippen LogP contribution in [-0.2, 0) is 0 Å². The molecule has 1 atom stereocenters. The lowest BCUT2D eigenvalue weighted by Crippen LogP contribution is -2.39. The maximum Gasteiger partial charge on any atom is 0.191 e. The molecule has 1 aromatic carbocycles. The van der Waals surface area contributed by atoms with Gasteiger partial charge in [0.1, 0.15) is 12.4 Å². The van der Waals surface area contributed by atoms with Crippen LogP contribution < -0.4 is 15.4 Å². The fourth-order valence-electron chi connectivity index (χ4n) is 3.32. The summed E-state index contributed by atoms with van der Waals surface area (Å²) in [5, 5.41) is 6.70. The number of nitrogens with zero attached hydrogens (tertiary/aromatic N) is 2. The normalized spacial score (nSPS) is 20.5. The third-order valence-corrected chi connectivity index (χ3v) is 4.92. The Labute approximate surface area is 175 Å². The molecular formula is C20H33IN4O. The minimum Gasteiger partial charge on any atom is -0.492 e. The van der Waals surface area contributed by atoms with E-state index in [9.17, 15) is 0 Å². The molecule has 6 heteroatoms. The van der Waals surface area contributed by atoms with Crippen LogP contribution in [0.4, 0.5) is 0 Å². The Bertz CT molecular complexity index is 559. The van der Waals surface area contributed by atoms with E-state index >= 15 is 0 Å². The highest BCUT2D eigenvalue weighted by atomic mass is 127. The predicted molar refractivity (Wildman–Crippen MR) is 119 cm³/mol. The molecule has 2 fully saturated rings. The number of aliphatic imine (C=N–C) groups is 1. The molecule has 146 valence electrons. The van der Waals surface area contributed by atoms with E-state index < -0.39 is 0 Å². The minimum atomic E-state index is 0. The zero-order valence-corrected chi connectivity index (χ0v) is 18.4. The van der Waals surface area contributed by atoms with Gasteiger partial charge in [-0.05, 0) is 57.7 Å². The molecule has 1 aliphatic heterocycles. The Morgan fingerprint density at radius 1 is 1.19 bits per heavy atom. The fraction of sp³-hybridized carbons (Fsp3) is 0.650. The molecule has 1 unspecified atom stereocenters. The highest BCUT2D eigenvalue weighted by Crippen LogP contribution is 2.31. The molecule has 0 spiro atoms. The largest absolute Gasteiger partial charge is 0.492 e. The predicted octanol–water partition coefficient (Wildman–Crippen LogP) is 3.03. The molecule has 2 aliphatic rings. The van der Waals surface area contributed by atoms with E-state index in [1.54, 1.807) is 0 Å². The number of nitrogens with one attached hydrogen (secondary N) is 2. The maximum atomic E-state index is 5.76. The van der Waals surface area contributed by atoms with Crippen LogP contribution in [0, 0.1) is 12.8 Å². The number of guanidine groups is 1. The fourth-order valence-corrected chi connectivity index (χ4v) is 3.32. The van der Waals surface area contributed by atoms with Crippen molar-refractivity contribution in [1.82, 2.24) is 15.5 Å². The quantitative estimate of drug-likeness (QED) is 0.264. The Hall–Kier alpha value is -1.02. The standard InChI is InChI=1S/C20H32N4O.HI/c1-3-21-20(22-11-13-25-19-8-4-16(2)5-9-19)23-14-17-10-12-24(15-17)18-6-7-18;/h4-5,8-9,17-18H,3,6-7,10-15H2,1-2H3,(H2,21,22,23);1H. The topological polar surface area (TPSA) is 48.9 Å². The Kier molecular flexibility index (Phi) is 8.98. The third-order valence-electron chi connectivity index (χ3n) is 4.92. The molecule has 1 saturated heterocycles. The lowest BCUT2D eigenvalue weighted by Gasteiger charge is -2.15. The lowest BCUT2D eigenvalue weighted by molar-refractivity contribution is 0.315. The second kappa shape index (κ2) is 11.0. The van der Waals surface area contributed by atoms with Crippen molar-refractivity contribution in [1.29, 1.82) is 0 Å². The van der Waals surface area contributed by atoms with E-state index in [1.807, 2.05) is 12.1 Å². The first-order valence-corrected chi connectivity index (χ1v) is 9.70. The first kappa shape index (κ1) is 21.3. The summed E-state index contributed by atoms with van der Waals surface area (Å²) in [6.07, 6.45) is 4.10. The van der Waals surface area contributed by atoms with Gasteiger partial charge in [0.15, 0.2) is 5.96 Å². The van der Waals surface area contributed by atoms with Crippen LogP contribution in [0.25, 0.3) is 0 Å². The summed E-state index contributed by atoms with van der Waals surface area (Å²) in [5.74, 6) is 2.53. The number of benzene rings is 1. The maximum absolute atomic E-state index is 5.76. The molecule has 1 aliphatic carbocycles. The molecule has 2 N–H and O–H groups in total. The Balaban J connectivity index is 0.00000243. The Morgan fingerprint density at radius 3 is 2.65 bits per heavy atom. The average molecular weight is 472 g/mol. The molecule has 0 bridgehead atoms. The molecule has 26 heavy (non-hydrogen) atoms. The number of ether oxygens (including phenoxy) is 1. The van der Waals surface area contributed by atoms with E-state index in [-0.39, 0.29) is 24.0 Å². The first-order chi connectivity index (χ1) is 12.2. The molecule has 1 saturated carbocycles. The van der Waals surface area contributed by atoms with Crippen molar-refractivity contribution in [3.05, 3.63) is 29.8 Å². The van der Waals surface area contributed by atoms with E-state index in [1.165, 1.54) is 37.9 Å². The van der Waals surface area contributed by atoms with Crippen LogP contribution >= 0.6 is 24.0 Å². The molecule has 0 amide bonds. The van der Waals surface area contributed by atoms with Gasteiger partial charge in [-0.2, -0.15) is 0 Å². The average Bonchev–Trinajstić information content (AvgIpc) is 3.36. The van der Waals surface area contributed by atoms with Gasteiger partial charge in [0.2, 0.25) is 0 Å². The van der Waals surface area contributed by atoms with Gasteiger partial charge < -0.3 is 20.3 Å². The van der Waals surface area contributed by atoms with Crippen molar-refractivity contribution < 1.29 is 4.74 Å². The van der Waals surface area contributed by atoms with Gasteiger partial charge in [-0.15, -0.1) is 24.0 Å². The van der Waals surface area contributed by atoms with E-state index in [2.05, 4.69) is 41.5 Å². The number of hydrogen-bond donors (Lipinski definition) is 2. The zero-order valence-electron chi connectivity index (χ0n) is 16.0. The lowest BCUT2D eigenvalue weighted by atomic mass is 10.1. The SMILES string of the molecule is CCNC(=NCC1CCN(C2CC2)C1)NCCOc1ccc(C)cc1.I. The van der Waals surface area contributed by atoms with Crippen molar-refractivity contribution >= 4 is 29.9 Å². The summed E-state index contributed by atoms with van der Waals surface area (Å²) in [6, 6.07) is 9.06. The monoisotopic (exact) mass is 472 g/mol. The van der Waals surface area contributed by atoms with Crippen LogP contribution in [0.1, 0.15) is 31.7 Å². The molecule has 1 heterocycles. The Morgan fingerprint density at radius 2 is 1.96 bits per heavy atom. The van der Waals surface area contributed by atoms with Crippen LogP contribution in [-0.4, -0.2) is 56.2 Å². The smallest absolute Gasteiger partial charge is 0.191 e. The number of aryl methyl sites for hydroxylation is 1. The molecular weight excluding hydrogens is 439 g/mol. The molecule has 0 radical (unpaired) electrons. The van der Waals surface area contributed by atoms with Gasteiger partial charge in [0.25, 0.3) is 0 Å². The van der Waals surface area contributed by atoms with Crippen molar-refractivity contribution in [3.8, 4) is 5.75 Å². The van der Waals surface area contributed by atoms with Gasteiger partial charge in [-0.1, -0.05) is 17.7 Å². The molecule has 5 nitrogen and oxygen atoms in total. The van der Waals surface area contributed by atoms with Crippen molar-refractivity contribution in [2.45, 2.75) is 39.2 Å². The summed E-state index contributed by atoms with van der Waals surface area (Å²) in [6.45, 7) is 9.85. The number of hydrogen-bond acceptors (Lipinski definition) is 3. The summed E-state index contributed by atoms with van der Waals surface area (Å²) in [7, 11) is 0. The first-order valence-electron chi connectivity index (χ1n) is 9.70. The second-order valence-electron chi connectivity index (χ2n) is 7.19. The zero-order chi connectivity index (χ0) is 17.5. The van der Waals surface area contributed by atoms with Crippen LogP contribution in [0.3, 0.4) is 0 Å². The van der Waals surface area contributed by atoms with Crippen molar-refractivity contribution in [2.24, 2.45) is 10.9 Å². The summed E-state index contributed by atoms with van der Waals surface area (Å²) in [4.78, 5) is 7.43. The van der Waals surface area contributed by atoms with E-state index in [0.717, 1.165) is 37.4 Å². The van der Waals surface area contributed by atoms with Crippen LogP contribution in [0.15, 0.2) is 29.3 Å². The number of likely N-dealkylation sites (tertiary alicyclic amines) is 1. The summed E-state index contributed by atoms with van der Waals surface area (Å²) >= 11 is 0. The van der Waals surface area contributed by atoms with E-state index in [0.29, 0.717) is 12.5 Å². The van der Waals surface area contributed by atoms with Crippen LogP contribution in [0.5, 0.6) is 5.75 Å². The van der Waals surface area contributed by atoms with Crippen molar-refractivity contribution in [2.75, 3.05) is 39.3 Å². The third kappa shape index (κ3) is 6.95. The van der Waals surface area contributed by atoms with Gasteiger partial charge in [0.05, 0.1) is 6.54 Å². The second-order valence-corrected chi connectivity index (χ2v) is 7.19.